The molecule has 0 aliphatic heterocycles. The Kier molecular flexibility index (Phi) is 2.49. The van der Waals surface area contributed by atoms with Crippen LogP contribution in [-0.2, 0) is 0 Å². The maximum Gasteiger partial charge on any atom is 0.311 e. The Hall–Kier alpha value is -2.69. The molecule has 0 fully saturated rings. The minimum Gasteiger partial charge on any atom is -0.433 e. The Balaban J connectivity index is 2.01. The number of hydrogen-bond donors (Lipinski definition) is 1. The summed E-state index contributed by atoms with van der Waals surface area (Å²) >= 11 is 0. The number of benzene rings is 1. The molecule has 0 atom stereocenters. The van der Waals surface area contributed by atoms with Crippen LogP contribution in [-0.4, -0.2) is 15.0 Å². The lowest BCUT2D eigenvalue weighted by Gasteiger charge is -2.04. The summed E-state index contributed by atoms with van der Waals surface area (Å²) in [5.41, 5.74) is 0.505. The Morgan fingerprint density at radius 1 is 1.17 bits per heavy atom. The van der Waals surface area contributed by atoms with E-state index < -0.39 is 0 Å². The molecular weight excluding hydrogens is 230 g/mol. The molecule has 5 nitrogen and oxygen atoms in total. The number of para-hydroxylation sites is 1. The monoisotopic (exact) mass is 239 g/mol. The maximum atomic E-state index is 11.4. The van der Waals surface area contributed by atoms with Crippen molar-refractivity contribution in [3.8, 4) is 11.6 Å². The molecule has 0 saturated heterocycles. The van der Waals surface area contributed by atoms with Crippen LogP contribution in [0.1, 0.15) is 0 Å². The highest BCUT2D eigenvalue weighted by Crippen LogP contribution is 2.20. The SMILES string of the molecule is O=c1[nH]ccnc1Oc1cnc2ccccc2c1. The molecule has 88 valence electrons. The second-order valence-electron chi connectivity index (χ2n) is 3.69. The fraction of sp³-hybridized carbons (Fsp3) is 0. The molecule has 18 heavy (non-hydrogen) atoms. The van der Waals surface area contributed by atoms with E-state index in [4.69, 9.17) is 4.74 Å². The van der Waals surface area contributed by atoms with E-state index >= 15 is 0 Å². The average molecular weight is 239 g/mol. The molecule has 0 spiro atoms. The number of hydrogen-bond acceptors (Lipinski definition) is 4. The number of fused-ring (bicyclic) bond motifs is 1. The van der Waals surface area contributed by atoms with Crippen molar-refractivity contribution >= 4 is 10.9 Å². The van der Waals surface area contributed by atoms with Crippen LogP contribution in [0.15, 0.2) is 53.7 Å². The van der Waals surface area contributed by atoms with Crippen LogP contribution in [0.3, 0.4) is 0 Å². The summed E-state index contributed by atoms with van der Waals surface area (Å²) in [6, 6.07) is 9.49. The number of nitrogens with zero attached hydrogens (tertiary/aromatic N) is 2. The lowest BCUT2D eigenvalue weighted by molar-refractivity contribution is 0.453. The average Bonchev–Trinajstić information content (AvgIpc) is 2.41. The van der Waals surface area contributed by atoms with E-state index in [1.807, 2.05) is 30.3 Å². The van der Waals surface area contributed by atoms with Crippen LogP contribution in [0, 0.1) is 0 Å². The van der Waals surface area contributed by atoms with Crippen molar-refractivity contribution in [2.45, 2.75) is 0 Å². The molecular formula is C13H9N3O2. The van der Waals surface area contributed by atoms with Gasteiger partial charge in [-0.2, -0.15) is 0 Å². The van der Waals surface area contributed by atoms with Gasteiger partial charge in [-0.1, -0.05) is 18.2 Å². The molecule has 0 unspecified atom stereocenters. The van der Waals surface area contributed by atoms with Gasteiger partial charge in [-0.25, -0.2) is 4.98 Å². The number of rotatable bonds is 2. The van der Waals surface area contributed by atoms with Gasteiger partial charge in [0.05, 0.1) is 11.7 Å². The maximum absolute atomic E-state index is 11.4. The molecule has 3 aromatic rings. The molecule has 1 aromatic carbocycles. The number of pyridine rings is 1. The minimum absolute atomic E-state index is 0.00887. The molecule has 1 N–H and O–H groups in total. The fourth-order valence-electron chi connectivity index (χ4n) is 1.63. The van der Waals surface area contributed by atoms with Crippen LogP contribution >= 0.6 is 0 Å². The molecule has 0 aliphatic rings. The smallest absolute Gasteiger partial charge is 0.311 e. The molecule has 0 radical (unpaired) electrons. The van der Waals surface area contributed by atoms with Gasteiger partial charge < -0.3 is 9.72 Å². The molecule has 0 bridgehead atoms. The summed E-state index contributed by atoms with van der Waals surface area (Å²) < 4.78 is 5.40. The summed E-state index contributed by atoms with van der Waals surface area (Å²) in [5.74, 6) is 0.493. The molecule has 5 heteroatoms. The first-order valence-electron chi connectivity index (χ1n) is 5.39. The van der Waals surface area contributed by atoms with E-state index in [-0.39, 0.29) is 11.4 Å². The first-order valence-corrected chi connectivity index (χ1v) is 5.39. The van der Waals surface area contributed by atoms with Gasteiger partial charge in [0.1, 0.15) is 5.75 Å². The largest absolute Gasteiger partial charge is 0.433 e. The molecule has 2 aromatic heterocycles. The van der Waals surface area contributed by atoms with Crippen molar-refractivity contribution in [1.29, 1.82) is 0 Å². The Morgan fingerprint density at radius 2 is 2.06 bits per heavy atom. The normalized spacial score (nSPS) is 10.4. The quantitative estimate of drug-likeness (QED) is 0.743. The third kappa shape index (κ3) is 1.93. The van der Waals surface area contributed by atoms with E-state index in [0.717, 1.165) is 10.9 Å². The standard InChI is InChI=1S/C13H9N3O2/c17-12-13(15-6-5-14-12)18-10-7-9-3-1-2-4-11(9)16-8-10/h1-8H,(H,14,17). The highest BCUT2D eigenvalue weighted by Gasteiger charge is 2.04. The Bertz CT molecular complexity index is 752. The highest BCUT2D eigenvalue weighted by molar-refractivity contribution is 5.79. The summed E-state index contributed by atoms with van der Waals surface area (Å²) in [6.07, 6.45) is 4.48. The van der Waals surface area contributed by atoms with Crippen LogP contribution in [0.25, 0.3) is 10.9 Å². The van der Waals surface area contributed by atoms with Crippen molar-refractivity contribution < 1.29 is 4.74 Å². The van der Waals surface area contributed by atoms with Crippen molar-refractivity contribution in [2.75, 3.05) is 0 Å². The van der Waals surface area contributed by atoms with Crippen LogP contribution < -0.4 is 10.3 Å². The summed E-state index contributed by atoms with van der Waals surface area (Å²) in [7, 11) is 0. The first-order chi connectivity index (χ1) is 8.83. The second-order valence-corrected chi connectivity index (χ2v) is 3.69. The van der Waals surface area contributed by atoms with Crippen LogP contribution in [0.2, 0.25) is 0 Å². The molecule has 0 aliphatic carbocycles. The summed E-state index contributed by atoms with van der Waals surface area (Å²) in [5, 5.41) is 0.947. The zero-order valence-corrected chi connectivity index (χ0v) is 9.33. The first kappa shape index (κ1) is 10.5. The predicted molar refractivity (Wildman–Crippen MR) is 66.7 cm³/mol. The van der Waals surface area contributed by atoms with E-state index in [2.05, 4.69) is 15.0 Å². The lowest BCUT2D eigenvalue weighted by Crippen LogP contribution is -2.09. The number of aromatic nitrogens is 3. The number of nitrogens with one attached hydrogen (secondary N) is 1. The van der Waals surface area contributed by atoms with Crippen LogP contribution in [0.4, 0.5) is 0 Å². The van der Waals surface area contributed by atoms with E-state index in [0.29, 0.717) is 5.75 Å². The van der Waals surface area contributed by atoms with Gasteiger partial charge in [-0.3, -0.25) is 9.78 Å². The fourth-order valence-corrected chi connectivity index (χ4v) is 1.63. The molecule has 2 heterocycles. The van der Waals surface area contributed by atoms with E-state index in [9.17, 15) is 4.79 Å². The third-order valence-electron chi connectivity index (χ3n) is 2.45. The van der Waals surface area contributed by atoms with Gasteiger partial charge in [0.2, 0.25) is 0 Å². The Labute approximate surface area is 102 Å². The molecule has 0 saturated carbocycles. The zero-order chi connectivity index (χ0) is 12.4. The minimum atomic E-state index is -0.370. The Morgan fingerprint density at radius 3 is 2.94 bits per heavy atom. The van der Waals surface area contributed by atoms with Crippen molar-refractivity contribution in [3.63, 3.8) is 0 Å². The van der Waals surface area contributed by atoms with Crippen molar-refractivity contribution in [1.82, 2.24) is 15.0 Å². The summed E-state index contributed by atoms with van der Waals surface area (Å²) in [4.78, 5) is 22.0. The van der Waals surface area contributed by atoms with Gasteiger partial charge in [0, 0.05) is 17.8 Å². The third-order valence-corrected chi connectivity index (χ3v) is 2.45. The topological polar surface area (TPSA) is 67.9 Å². The van der Waals surface area contributed by atoms with Crippen molar-refractivity contribution in [3.05, 3.63) is 59.3 Å². The predicted octanol–water partition coefficient (Wildman–Crippen LogP) is 2.11. The highest BCUT2D eigenvalue weighted by atomic mass is 16.5. The number of H-pyrrole nitrogens is 1. The number of ether oxygens (including phenoxy) is 1. The molecule has 0 amide bonds. The van der Waals surface area contributed by atoms with E-state index in [1.54, 1.807) is 6.20 Å². The van der Waals surface area contributed by atoms with Gasteiger partial charge in [0.25, 0.3) is 5.88 Å². The van der Waals surface area contributed by atoms with Crippen molar-refractivity contribution in [2.24, 2.45) is 0 Å². The second kappa shape index (κ2) is 4.29. The van der Waals surface area contributed by atoms with Gasteiger partial charge >= 0.3 is 5.56 Å². The molecule has 3 rings (SSSR count). The van der Waals surface area contributed by atoms with Crippen LogP contribution in [0.5, 0.6) is 11.6 Å². The van der Waals surface area contributed by atoms with E-state index in [1.165, 1.54) is 12.4 Å². The summed E-state index contributed by atoms with van der Waals surface area (Å²) in [6.45, 7) is 0. The lowest BCUT2D eigenvalue weighted by atomic mass is 10.2. The van der Waals surface area contributed by atoms with Gasteiger partial charge in [-0.15, -0.1) is 0 Å². The zero-order valence-electron chi connectivity index (χ0n) is 9.33. The van der Waals surface area contributed by atoms with Gasteiger partial charge in [0.15, 0.2) is 0 Å². The number of aromatic amines is 1. The van der Waals surface area contributed by atoms with Gasteiger partial charge in [-0.05, 0) is 12.1 Å².